The van der Waals surface area contributed by atoms with Crippen LogP contribution in [0.15, 0.2) is 71.6 Å². The van der Waals surface area contributed by atoms with E-state index in [0.29, 0.717) is 0 Å². The Bertz CT molecular complexity index is 2690. The first-order valence-corrected chi connectivity index (χ1v) is 19.7. The summed E-state index contributed by atoms with van der Waals surface area (Å²) in [5.74, 6) is -69.4. The number of halogens is 20. The highest BCUT2D eigenvalue weighted by atomic mass is 32.2. The molecule has 7 rings (SSSR count). The maximum atomic E-state index is 15.4. The molecule has 0 N–H and O–H groups in total. The molecule has 7 aromatic carbocycles. The van der Waals surface area contributed by atoms with E-state index in [2.05, 4.69) is 60.9 Å². The summed E-state index contributed by atoms with van der Waals surface area (Å²) in [4.78, 5) is 1.38. The largest absolute Gasteiger partial charge is 0.497 e. The van der Waals surface area contributed by atoms with E-state index in [1.165, 1.54) is 21.2 Å². The Labute approximate surface area is 360 Å². The lowest BCUT2D eigenvalue weighted by molar-refractivity contribution is 0.378. The van der Waals surface area contributed by atoms with Gasteiger partial charge in [0, 0.05) is 16.5 Å². The van der Waals surface area contributed by atoms with Crippen LogP contribution >= 0.6 is 0 Å². The highest BCUT2D eigenvalue weighted by molar-refractivity contribution is 7.95. The summed E-state index contributed by atoms with van der Waals surface area (Å²) >= 11 is 0. The predicted molar refractivity (Wildman–Crippen MR) is 201 cm³/mol. The second kappa shape index (κ2) is 18.5. The summed E-state index contributed by atoms with van der Waals surface area (Å²) in [6.45, 7) is 0. The number of fused-ring (bicyclic) bond motifs is 1. The molecule has 0 saturated carbocycles. The van der Waals surface area contributed by atoms with Gasteiger partial charge in [-0.3, -0.25) is 0 Å². The standard InChI is InChI=1S/C24BF20.C19H19OS/c26-5-1(6(27)14(35)21(42)13(5)34)25(2-7(28)15(36)22(43)16(37)8(2)29,3-9(30)17(38)23(44)18(39)10(3)31)4-11(32)19(40)24(45)20(41)12(4)33;1-20-17-10-12-18(13-11-17)21(2)14-16-8-5-7-15-6-3-4-9-19(15)16/h;3-13H,14H2,1-2H3/q-1;+1. The van der Waals surface area contributed by atoms with Crippen LogP contribution in [0.1, 0.15) is 5.56 Å². The SMILES string of the molecule is COc1ccc([S+](C)Cc2cccc3ccccc23)cc1.Fc1c(F)c(F)c([B-](c2c(F)c(F)c(F)c(F)c2F)(c2c(F)c(F)c(F)c(F)c2F)c2c(F)c(F)c(F)c(F)c2F)c(F)c1F. The minimum absolute atomic E-state index is 0.194. The van der Waals surface area contributed by atoms with Crippen molar-refractivity contribution in [2.45, 2.75) is 10.6 Å². The van der Waals surface area contributed by atoms with Crippen LogP contribution in [0.5, 0.6) is 5.75 Å². The summed E-state index contributed by atoms with van der Waals surface area (Å²) in [6, 6.07) is 23.6. The minimum atomic E-state index is -7.22. The lowest BCUT2D eigenvalue weighted by Crippen LogP contribution is -2.81. The number of ether oxygens (including phenoxy) is 1. The molecule has 0 fully saturated rings. The summed E-state index contributed by atoms with van der Waals surface area (Å²) in [6.07, 6.45) is -4.91. The van der Waals surface area contributed by atoms with Gasteiger partial charge in [0.15, 0.2) is 74.7 Å². The lowest BCUT2D eigenvalue weighted by atomic mass is 9.12. The molecule has 66 heavy (non-hydrogen) atoms. The van der Waals surface area contributed by atoms with Crippen LogP contribution in [0.4, 0.5) is 87.8 Å². The molecular weight excluding hydrogens is 955 g/mol. The van der Waals surface area contributed by atoms with Gasteiger partial charge in [0.2, 0.25) is 0 Å². The smallest absolute Gasteiger partial charge is 0.200 e. The first-order valence-electron chi connectivity index (χ1n) is 17.9. The second-order valence-corrected chi connectivity index (χ2v) is 15.9. The predicted octanol–water partition coefficient (Wildman–Crippen LogP) is 10.5. The van der Waals surface area contributed by atoms with Gasteiger partial charge in [-0.15, -0.1) is 21.9 Å². The quantitative estimate of drug-likeness (QED) is 0.0485. The molecule has 0 radical (unpaired) electrons. The van der Waals surface area contributed by atoms with Gasteiger partial charge in [-0.05, 0) is 35.0 Å². The highest BCUT2D eigenvalue weighted by Crippen LogP contribution is 2.31. The molecule has 0 amide bonds. The zero-order valence-electron chi connectivity index (χ0n) is 32.5. The molecule has 0 bridgehead atoms. The van der Waals surface area contributed by atoms with E-state index in [1.54, 1.807) is 7.11 Å². The third kappa shape index (κ3) is 7.72. The highest BCUT2D eigenvalue weighted by Gasteiger charge is 2.52. The lowest BCUT2D eigenvalue weighted by Gasteiger charge is -2.44. The summed E-state index contributed by atoms with van der Waals surface area (Å²) in [7, 11) is 1.90. The van der Waals surface area contributed by atoms with Gasteiger partial charge in [-0.2, -0.15) is 0 Å². The normalized spacial score (nSPS) is 12.1. The van der Waals surface area contributed by atoms with Crippen molar-refractivity contribution in [2.24, 2.45) is 0 Å². The van der Waals surface area contributed by atoms with Gasteiger partial charge in [0.25, 0.3) is 0 Å². The molecule has 0 spiro atoms. The van der Waals surface area contributed by atoms with Crippen molar-refractivity contribution >= 4 is 49.7 Å². The Hall–Kier alpha value is -6.39. The molecule has 0 aliphatic heterocycles. The van der Waals surface area contributed by atoms with Gasteiger partial charge in [0.05, 0.1) is 7.11 Å². The van der Waals surface area contributed by atoms with E-state index in [9.17, 15) is 52.7 Å². The van der Waals surface area contributed by atoms with Crippen molar-refractivity contribution in [3.8, 4) is 5.75 Å². The van der Waals surface area contributed by atoms with Crippen molar-refractivity contribution in [1.82, 2.24) is 0 Å². The fraction of sp³-hybridized carbons (Fsp3) is 0.0698. The number of benzene rings is 7. The molecule has 346 valence electrons. The van der Waals surface area contributed by atoms with Crippen LogP contribution in [-0.4, -0.2) is 19.5 Å². The van der Waals surface area contributed by atoms with E-state index in [1.807, 2.05) is 12.1 Å². The van der Waals surface area contributed by atoms with Crippen LogP contribution in [0.2, 0.25) is 0 Å². The number of hydrogen-bond donors (Lipinski definition) is 0. The number of hydrogen-bond acceptors (Lipinski definition) is 1. The Balaban J connectivity index is 0.000000284. The van der Waals surface area contributed by atoms with Crippen molar-refractivity contribution in [3.05, 3.63) is 189 Å². The van der Waals surface area contributed by atoms with Gasteiger partial charge < -0.3 is 4.74 Å². The summed E-state index contributed by atoms with van der Waals surface area (Å²) < 4.78 is 299. The van der Waals surface area contributed by atoms with E-state index in [0.717, 1.165) is 11.5 Å². The molecule has 23 heteroatoms. The maximum Gasteiger partial charge on any atom is 0.200 e. The minimum Gasteiger partial charge on any atom is -0.497 e. The zero-order valence-corrected chi connectivity index (χ0v) is 33.3. The van der Waals surface area contributed by atoms with Crippen LogP contribution in [-0.2, 0) is 16.6 Å². The first-order chi connectivity index (χ1) is 31.0. The molecule has 0 aliphatic carbocycles. The van der Waals surface area contributed by atoms with Crippen molar-refractivity contribution in [1.29, 1.82) is 0 Å². The van der Waals surface area contributed by atoms with Crippen LogP contribution in [0.3, 0.4) is 0 Å². The van der Waals surface area contributed by atoms with Gasteiger partial charge in [0.1, 0.15) is 70.4 Å². The van der Waals surface area contributed by atoms with Gasteiger partial charge >= 0.3 is 0 Å². The zero-order chi connectivity index (χ0) is 49.0. The van der Waals surface area contributed by atoms with Crippen molar-refractivity contribution in [2.75, 3.05) is 13.4 Å². The number of rotatable bonds is 8. The average molecular weight is 974 g/mol. The molecule has 0 saturated heterocycles. The summed E-state index contributed by atoms with van der Waals surface area (Å²) in [5, 5.41) is 2.69. The van der Waals surface area contributed by atoms with E-state index >= 15 is 35.1 Å². The Morgan fingerprint density at radius 2 is 0.652 bits per heavy atom. The van der Waals surface area contributed by atoms with E-state index < -0.39 is 144 Å². The fourth-order valence-electron chi connectivity index (χ4n) is 7.42. The third-order valence-electron chi connectivity index (χ3n) is 10.4. The van der Waals surface area contributed by atoms with E-state index in [-0.39, 0.29) is 10.9 Å². The van der Waals surface area contributed by atoms with Crippen molar-refractivity contribution < 1.29 is 92.5 Å². The third-order valence-corrected chi connectivity index (χ3v) is 12.2. The second-order valence-electron chi connectivity index (χ2n) is 13.9. The molecule has 1 atom stereocenters. The maximum absolute atomic E-state index is 15.4. The fourth-order valence-corrected chi connectivity index (χ4v) is 8.90. The molecule has 1 unspecified atom stereocenters. The van der Waals surface area contributed by atoms with Gasteiger partial charge in [-0.25, -0.2) is 87.8 Å². The molecular formula is C43H19BF20OS. The van der Waals surface area contributed by atoms with Crippen molar-refractivity contribution in [3.63, 3.8) is 0 Å². The topological polar surface area (TPSA) is 9.23 Å². The van der Waals surface area contributed by atoms with Crippen LogP contribution in [0, 0.1) is 116 Å². The van der Waals surface area contributed by atoms with Gasteiger partial charge in [-0.1, -0.05) is 42.5 Å². The Morgan fingerprint density at radius 3 is 0.970 bits per heavy atom. The first kappa shape index (κ1) is 49.1. The molecule has 7 aromatic rings. The average Bonchev–Trinajstić information content (AvgIpc) is 3.31. The molecule has 0 aliphatic rings. The van der Waals surface area contributed by atoms with Crippen LogP contribution in [0.25, 0.3) is 10.8 Å². The monoisotopic (exact) mass is 974 g/mol. The molecule has 1 nitrogen and oxygen atoms in total. The molecule has 0 aromatic heterocycles. The van der Waals surface area contributed by atoms with Crippen LogP contribution < -0.4 is 26.6 Å². The molecule has 0 heterocycles. The number of methoxy groups -OCH3 is 1. The Kier molecular flexibility index (Phi) is 13.7. The summed E-state index contributed by atoms with van der Waals surface area (Å²) in [5.41, 5.74) is -12.9. The van der Waals surface area contributed by atoms with E-state index in [4.69, 9.17) is 4.74 Å². The Morgan fingerprint density at radius 1 is 0.364 bits per heavy atom.